The highest BCUT2D eigenvalue weighted by atomic mass is 16.5. The second-order valence-electron chi connectivity index (χ2n) is 3.57. The van der Waals surface area contributed by atoms with Gasteiger partial charge in [-0.1, -0.05) is 18.2 Å². The first kappa shape index (κ1) is 9.28. The van der Waals surface area contributed by atoms with Crippen molar-refractivity contribution in [2.45, 2.75) is 19.6 Å². The van der Waals surface area contributed by atoms with Crippen LogP contribution in [0.1, 0.15) is 6.92 Å². The average molecular weight is 189 g/mol. The van der Waals surface area contributed by atoms with Crippen molar-refractivity contribution in [2.24, 2.45) is 0 Å². The Morgan fingerprint density at radius 2 is 2.07 bits per heavy atom. The van der Waals surface area contributed by atoms with Crippen LogP contribution in [0.4, 0.5) is 0 Å². The molecule has 0 bridgehead atoms. The Hall–Kier alpha value is -1.28. The molecule has 1 atom stereocenters. The first-order chi connectivity index (χ1) is 6.81. The molecule has 0 amide bonds. The van der Waals surface area contributed by atoms with E-state index in [1.54, 1.807) is 7.11 Å². The van der Waals surface area contributed by atoms with Crippen LogP contribution in [-0.4, -0.2) is 17.8 Å². The number of rotatable bonds is 3. The van der Waals surface area contributed by atoms with Gasteiger partial charge in [0.1, 0.15) is 0 Å². The number of hydrogen-bond acceptors (Lipinski definition) is 1. The summed E-state index contributed by atoms with van der Waals surface area (Å²) in [6, 6.07) is 10.5. The molecule has 0 saturated carbocycles. The maximum absolute atomic E-state index is 5.25. The summed E-state index contributed by atoms with van der Waals surface area (Å²) < 4.78 is 7.48. The smallest absolute Gasteiger partial charge is 0.0722 e. The minimum absolute atomic E-state index is 0.255. The van der Waals surface area contributed by atoms with E-state index in [0.29, 0.717) is 0 Å². The molecule has 1 aromatic carbocycles. The maximum Gasteiger partial charge on any atom is 0.0722 e. The zero-order valence-electron chi connectivity index (χ0n) is 8.60. The third-order valence-electron chi connectivity index (χ3n) is 2.54. The molecule has 0 aliphatic heterocycles. The number of ether oxygens (including phenoxy) is 1. The van der Waals surface area contributed by atoms with Crippen LogP contribution < -0.4 is 0 Å². The van der Waals surface area contributed by atoms with E-state index in [4.69, 9.17) is 4.74 Å². The molecule has 1 unspecified atom stereocenters. The number of methoxy groups -OCH3 is 1. The van der Waals surface area contributed by atoms with Gasteiger partial charge in [0.05, 0.1) is 6.10 Å². The van der Waals surface area contributed by atoms with Gasteiger partial charge < -0.3 is 9.30 Å². The molecule has 0 fully saturated rings. The van der Waals surface area contributed by atoms with Crippen LogP contribution in [0.2, 0.25) is 0 Å². The third-order valence-corrected chi connectivity index (χ3v) is 2.54. The topological polar surface area (TPSA) is 14.2 Å². The summed E-state index contributed by atoms with van der Waals surface area (Å²) in [5.74, 6) is 0. The average Bonchev–Trinajstić information content (AvgIpc) is 2.62. The fourth-order valence-electron chi connectivity index (χ4n) is 1.65. The Balaban J connectivity index is 2.33. The number of nitrogens with zero attached hydrogens (tertiary/aromatic N) is 1. The van der Waals surface area contributed by atoms with E-state index in [-0.39, 0.29) is 6.10 Å². The monoisotopic (exact) mass is 189 g/mol. The van der Waals surface area contributed by atoms with Gasteiger partial charge in [0.15, 0.2) is 0 Å². The van der Waals surface area contributed by atoms with Crippen LogP contribution >= 0.6 is 0 Å². The molecule has 0 aliphatic rings. The fourth-order valence-corrected chi connectivity index (χ4v) is 1.65. The van der Waals surface area contributed by atoms with Crippen molar-refractivity contribution < 1.29 is 4.74 Å². The van der Waals surface area contributed by atoms with E-state index in [2.05, 4.69) is 48.0 Å². The van der Waals surface area contributed by atoms with E-state index in [9.17, 15) is 0 Å². The fraction of sp³-hybridized carbons (Fsp3) is 0.333. The molecule has 1 heterocycles. The summed E-state index contributed by atoms with van der Waals surface area (Å²) in [6.45, 7) is 2.98. The third kappa shape index (κ3) is 1.66. The van der Waals surface area contributed by atoms with E-state index in [1.165, 1.54) is 10.9 Å². The summed E-state index contributed by atoms with van der Waals surface area (Å²) in [6.07, 6.45) is 2.37. The molecular weight excluding hydrogens is 174 g/mol. The van der Waals surface area contributed by atoms with Crippen molar-refractivity contribution in [3.05, 3.63) is 36.5 Å². The maximum atomic E-state index is 5.25. The molecule has 2 heteroatoms. The SMILES string of the molecule is COC(C)Cn1ccc2ccccc21. The lowest BCUT2D eigenvalue weighted by molar-refractivity contribution is 0.104. The van der Waals surface area contributed by atoms with Crippen LogP contribution in [0.3, 0.4) is 0 Å². The zero-order valence-corrected chi connectivity index (χ0v) is 8.60. The van der Waals surface area contributed by atoms with Gasteiger partial charge in [0.2, 0.25) is 0 Å². The lowest BCUT2D eigenvalue weighted by atomic mass is 10.2. The Labute approximate surface area is 84.1 Å². The molecule has 1 aromatic heterocycles. The van der Waals surface area contributed by atoms with Gasteiger partial charge in [-0.15, -0.1) is 0 Å². The highest BCUT2D eigenvalue weighted by Gasteiger charge is 2.03. The summed E-state index contributed by atoms with van der Waals surface area (Å²) in [7, 11) is 1.75. The second-order valence-corrected chi connectivity index (χ2v) is 3.57. The first-order valence-corrected chi connectivity index (χ1v) is 4.88. The lowest BCUT2D eigenvalue weighted by Crippen LogP contribution is -2.13. The molecule has 14 heavy (non-hydrogen) atoms. The van der Waals surface area contributed by atoms with Crippen molar-refractivity contribution >= 4 is 10.9 Å². The minimum Gasteiger partial charge on any atom is -0.380 e. The molecule has 2 nitrogen and oxygen atoms in total. The van der Waals surface area contributed by atoms with Crippen LogP contribution in [0.25, 0.3) is 10.9 Å². The summed E-state index contributed by atoms with van der Waals surface area (Å²) in [4.78, 5) is 0. The quantitative estimate of drug-likeness (QED) is 0.724. The van der Waals surface area contributed by atoms with Crippen LogP contribution in [0.15, 0.2) is 36.5 Å². The number of aromatic nitrogens is 1. The van der Waals surface area contributed by atoms with Crippen molar-refractivity contribution in [3.8, 4) is 0 Å². The number of para-hydroxylation sites is 1. The van der Waals surface area contributed by atoms with Crippen molar-refractivity contribution in [1.82, 2.24) is 4.57 Å². The number of benzene rings is 1. The van der Waals surface area contributed by atoms with Gasteiger partial charge in [0, 0.05) is 25.4 Å². The van der Waals surface area contributed by atoms with Crippen LogP contribution in [0, 0.1) is 0 Å². The predicted molar refractivity (Wildman–Crippen MR) is 58.4 cm³/mol. The number of fused-ring (bicyclic) bond motifs is 1. The summed E-state index contributed by atoms with van der Waals surface area (Å²) >= 11 is 0. The molecule has 2 aromatic rings. The van der Waals surface area contributed by atoms with Gasteiger partial charge in [-0.3, -0.25) is 0 Å². The Bertz CT molecular complexity index is 419. The zero-order chi connectivity index (χ0) is 9.97. The minimum atomic E-state index is 0.255. The van der Waals surface area contributed by atoms with Gasteiger partial charge in [-0.25, -0.2) is 0 Å². The molecular formula is C12H15NO. The standard InChI is InChI=1S/C12H15NO/c1-10(14-2)9-13-8-7-11-5-3-4-6-12(11)13/h3-8,10H,9H2,1-2H3. The molecule has 0 spiro atoms. The van der Waals surface area contributed by atoms with E-state index in [0.717, 1.165) is 6.54 Å². The van der Waals surface area contributed by atoms with Gasteiger partial charge in [-0.05, 0) is 24.4 Å². The molecule has 0 aliphatic carbocycles. The van der Waals surface area contributed by atoms with Crippen molar-refractivity contribution in [1.29, 1.82) is 0 Å². The highest BCUT2D eigenvalue weighted by molar-refractivity contribution is 5.79. The Morgan fingerprint density at radius 1 is 1.29 bits per heavy atom. The molecule has 0 N–H and O–H groups in total. The van der Waals surface area contributed by atoms with Crippen molar-refractivity contribution in [3.63, 3.8) is 0 Å². The van der Waals surface area contributed by atoms with Crippen LogP contribution in [-0.2, 0) is 11.3 Å². The summed E-state index contributed by atoms with van der Waals surface area (Å²) in [5, 5.41) is 1.29. The van der Waals surface area contributed by atoms with Gasteiger partial charge in [0.25, 0.3) is 0 Å². The number of hydrogen-bond donors (Lipinski definition) is 0. The van der Waals surface area contributed by atoms with Crippen LogP contribution in [0.5, 0.6) is 0 Å². The van der Waals surface area contributed by atoms with E-state index < -0.39 is 0 Å². The summed E-state index contributed by atoms with van der Waals surface area (Å²) in [5.41, 5.74) is 1.27. The largest absolute Gasteiger partial charge is 0.380 e. The predicted octanol–water partition coefficient (Wildman–Crippen LogP) is 2.68. The van der Waals surface area contributed by atoms with Gasteiger partial charge in [-0.2, -0.15) is 0 Å². The lowest BCUT2D eigenvalue weighted by Gasteiger charge is -2.11. The molecule has 0 saturated heterocycles. The van der Waals surface area contributed by atoms with E-state index >= 15 is 0 Å². The van der Waals surface area contributed by atoms with Gasteiger partial charge >= 0.3 is 0 Å². The van der Waals surface area contributed by atoms with Crippen molar-refractivity contribution in [2.75, 3.05) is 7.11 Å². The molecule has 2 rings (SSSR count). The Morgan fingerprint density at radius 3 is 2.86 bits per heavy atom. The molecule has 74 valence electrons. The second kappa shape index (κ2) is 3.84. The molecule has 0 radical (unpaired) electrons. The Kier molecular flexibility index (Phi) is 2.55. The first-order valence-electron chi connectivity index (χ1n) is 4.88. The normalized spacial score (nSPS) is 13.3. The van der Waals surface area contributed by atoms with E-state index in [1.807, 2.05) is 0 Å². The highest BCUT2D eigenvalue weighted by Crippen LogP contribution is 2.15.